The molecule has 0 bridgehead atoms. The summed E-state index contributed by atoms with van der Waals surface area (Å²) in [6.07, 6.45) is -0.231. The van der Waals surface area contributed by atoms with Crippen LogP contribution in [0.2, 0.25) is 5.02 Å². The average Bonchev–Trinajstić information content (AvgIpc) is 2.61. The van der Waals surface area contributed by atoms with E-state index in [1.165, 1.54) is 0 Å². The Hall–Kier alpha value is -1.72. The number of hydrogen-bond acceptors (Lipinski definition) is 3. The van der Waals surface area contributed by atoms with E-state index in [0.717, 1.165) is 34.4 Å². The number of halogens is 2. The molecule has 1 heterocycles. The maximum absolute atomic E-state index is 12.2. The van der Waals surface area contributed by atoms with Crippen LogP contribution in [0.3, 0.4) is 0 Å². The zero-order valence-electron chi connectivity index (χ0n) is 15.8. The lowest BCUT2D eigenvalue weighted by Gasteiger charge is -2.36. The molecule has 0 aliphatic carbocycles. The van der Waals surface area contributed by atoms with Crippen molar-refractivity contribution in [3.8, 4) is 11.1 Å². The van der Waals surface area contributed by atoms with Gasteiger partial charge >= 0.3 is 6.09 Å². The van der Waals surface area contributed by atoms with Gasteiger partial charge in [-0.25, -0.2) is 4.79 Å². The molecule has 3 rings (SSSR count). The smallest absolute Gasteiger partial charge is 0.410 e. The van der Waals surface area contributed by atoms with Gasteiger partial charge in [0.05, 0.1) is 0 Å². The standard InChI is InChI=1S/C21H24BrClN2O2/c1-21(2,3)27-20(26)25-12-10-24(11-13-25)17-7-4-15(5-8-17)18-9-6-16(23)14-19(18)22/h4-9,14H,10-13H2,1-3H3. The third-order valence-electron chi connectivity index (χ3n) is 4.41. The summed E-state index contributed by atoms with van der Waals surface area (Å²) in [5, 5.41) is 0.713. The van der Waals surface area contributed by atoms with E-state index in [0.29, 0.717) is 18.1 Å². The monoisotopic (exact) mass is 450 g/mol. The van der Waals surface area contributed by atoms with Crippen LogP contribution in [0, 0.1) is 0 Å². The Bertz CT molecular complexity index is 810. The van der Waals surface area contributed by atoms with E-state index in [4.69, 9.17) is 16.3 Å². The van der Waals surface area contributed by atoms with Crippen molar-refractivity contribution in [3.05, 3.63) is 52.0 Å². The minimum atomic E-state index is -0.458. The van der Waals surface area contributed by atoms with Crippen LogP contribution >= 0.6 is 27.5 Å². The first kappa shape index (κ1) is 20.0. The van der Waals surface area contributed by atoms with Crippen LogP contribution < -0.4 is 4.90 Å². The van der Waals surface area contributed by atoms with Gasteiger partial charge in [0, 0.05) is 41.4 Å². The summed E-state index contributed by atoms with van der Waals surface area (Å²) >= 11 is 9.60. The van der Waals surface area contributed by atoms with E-state index in [1.807, 2.05) is 39.0 Å². The van der Waals surface area contributed by atoms with E-state index in [1.54, 1.807) is 4.90 Å². The lowest BCUT2D eigenvalue weighted by atomic mass is 10.1. The Balaban J connectivity index is 1.63. The highest BCUT2D eigenvalue weighted by Gasteiger charge is 2.25. The summed E-state index contributed by atoms with van der Waals surface area (Å²) in [6, 6.07) is 14.3. The van der Waals surface area contributed by atoms with Crippen molar-refractivity contribution in [3.63, 3.8) is 0 Å². The molecule has 0 N–H and O–H groups in total. The van der Waals surface area contributed by atoms with Gasteiger partial charge in [-0.2, -0.15) is 0 Å². The minimum Gasteiger partial charge on any atom is -0.444 e. The van der Waals surface area contributed by atoms with Gasteiger partial charge in [-0.1, -0.05) is 45.7 Å². The maximum atomic E-state index is 12.2. The fourth-order valence-corrected chi connectivity index (χ4v) is 3.96. The van der Waals surface area contributed by atoms with Crippen LogP contribution in [0.5, 0.6) is 0 Å². The molecule has 2 aromatic carbocycles. The van der Waals surface area contributed by atoms with E-state index in [2.05, 4.69) is 45.1 Å². The first-order chi connectivity index (χ1) is 12.7. The highest BCUT2D eigenvalue weighted by molar-refractivity contribution is 9.10. The van der Waals surface area contributed by atoms with Gasteiger partial charge in [0.1, 0.15) is 5.60 Å². The molecular weight excluding hydrogens is 428 g/mol. The van der Waals surface area contributed by atoms with Crippen molar-refractivity contribution in [2.24, 2.45) is 0 Å². The molecule has 2 aromatic rings. The Morgan fingerprint density at radius 3 is 2.22 bits per heavy atom. The second-order valence-electron chi connectivity index (χ2n) is 7.63. The number of amides is 1. The van der Waals surface area contributed by atoms with Crippen LogP contribution in [0.15, 0.2) is 46.9 Å². The molecule has 1 aliphatic heterocycles. The Morgan fingerprint density at radius 2 is 1.67 bits per heavy atom. The van der Waals surface area contributed by atoms with E-state index in [9.17, 15) is 4.79 Å². The summed E-state index contributed by atoms with van der Waals surface area (Å²) in [6.45, 7) is 8.59. The average molecular weight is 452 g/mol. The predicted molar refractivity (Wildman–Crippen MR) is 115 cm³/mol. The van der Waals surface area contributed by atoms with Gasteiger partial charge in [-0.05, 0) is 56.2 Å². The third-order valence-corrected chi connectivity index (χ3v) is 5.30. The highest BCUT2D eigenvalue weighted by atomic mass is 79.9. The van der Waals surface area contributed by atoms with Crippen molar-refractivity contribution in [2.75, 3.05) is 31.1 Å². The summed E-state index contributed by atoms with van der Waals surface area (Å²) in [7, 11) is 0. The van der Waals surface area contributed by atoms with Gasteiger partial charge < -0.3 is 14.5 Å². The lowest BCUT2D eigenvalue weighted by Crippen LogP contribution is -2.50. The van der Waals surface area contributed by atoms with Crippen molar-refractivity contribution in [1.82, 2.24) is 4.90 Å². The summed E-state index contributed by atoms with van der Waals surface area (Å²) in [5.74, 6) is 0. The molecular formula is C21H24BrClN2O2. The number of hydrogen-bond donors (Lipinski definition) is 0. The molecule has 144 valence electrons. The van der Waals surface area contributed by atoms with Crippen LogP contribution in [0.25, 0.3) is 11.1 Å². The molecule has 0 aromatic heterocycles. The molecule has 27 heavy (non-hydrogen) atoms. The fourth-order valence-electron chi connectivity index (χ4n) is 3.05. The Labute approximate surface area is 174 Å². The van der Waals surface area contributed by atoms with Crippen LogP contribution in [-0.2, 0) is 4.74 Å². The van der Waals surface area contributed by atoms with Gasteiger partial charge in [0.25, 0.3) is 0 Å². The first-order valence-corrected chi connectivity index (χ1v) is 10.2. The molecule has 0 atom stereocenters. The van der Waals surface area contributed by atoms with Crippen LogP contribution in [0.4, 0.5) is 10.5 Å². The molecule has 0 radical (unpaired) electrons. The van der Waals surface area contributed by atoms with Gasteiger partial charge in [0.15, 0.2) is 0 Å². The fraction of sp³-hybridized carbons (Fsp3) is 0.381. The van der Waals surface area contributed by atoms with E-state index >= 15 is 0 Å². The third kappa shape index (κ3) is 5.17. The quantitative estimate of drug-likeness (QED) is 0.576. The molecule has 1 fully saturated rings. The highest BCUT2D eigenvalue weighted by Crippen LogP contribution is 2.32. The normalized spacial score (nSPS) is 15.0. The van der Waals surface area contributed by atoms with Crippen molar-refractivity contribution < 1.29 is 9.53 Å². The number of piperazine rings is 1. The first-order valence-electron chi connectivity index (χ1n) is 9.01. The van der Waals surface area contributed by atoms with Crippen molar-refractivity contribution in [1.29, 1.82) is 0 Å². The SMILES string of the molecule is CC(C)(C)OC(=O)N1CCN(c2ccc(-c3ccc(Cl)cc3Br)cc2)CC1. The molecule has 1 aliphatic rings. The lowest BCUT2D eigenvalue weighted by molar-refractivity contribution is 0.0240. The number of benzene rings is 2. The summed E-state index contributed by atoms with van der Waals surface area (Å²) < 4.78 is 6.44. The molecule has 1 amide bonds. The number of anilines is 1. The largest absolute Gasteiger partial charge is 0.444 e. The zero-order valence-corrected chi connectivity index (χ0v) is 18.2. The number of ether oxygens (including phenoxy) is 1. The van der Waals surface area contributed by atoms with Crippen molar-refractivity contribution in [2.45, 2.75) is 26.4 Å². The van der Waals surface area contributed by atoms with Crippen LogP contribution in [-0.4, -0.2) is 42.8 Å². The van der Waals surface area contributed by atoms with Gasteiger partial charge in [0.2, 0.25) is 0 Å². The predicted octanol–water partition coefficient (Wildman–Crippen LogP) is 5.83. The molecule has 0 spiro atoms. The number of carbonyl (C=O) groups is 1. The molecule has 0 saturated carbocycles. The molecule has 6 heteroatoms. The molecule has 4 nitrogen and oxygen atoms in total. The number of nitrogens with zero attached hydrogens (tertiary/aromatic N) is 2. The Kier molecular flexibility index (Phi) is 6.02. The van der Waals surface area contributed by atoms with Crippen LogP contribution in [0.1, 0.15) is 20.8 Å². The summed E-state index contributed by atoms with van der Waals surface area (Å²) in [5.41, 5.74) is 2.95. The van der Waals surface area contributed by atoms with Gasteiger partial charge in [-0.15, -0.1) is 0 Å². The zero-order chi connectivity index (χ0) is 19.6. The topological polar surface area (TPSA) is 32.8 Å². The van der Waals surface area contributed by atoms with Crippen molar-refractivity contribution >= 4 is 39.3 Å². The number of carbonyl (C=O) groups excluding carboxylic acids is 1. The minimum absolute atomic E-state index is 0.231. The van der Waals surface area contributed by atoms with Gasteiger partial charge in [-0.3, -0.25) is 0 Å². The summed E-state index contributed by atoms with van der Waals surface area (Å²) in [4.78, 5) is 16.3. The second kappa shape index (κ2) is 8.11. The molecule has 1 saturated heterocycles. The maximum Gasteiger partial charge on any atom is 0.410 e. The van der Waals surface area contributed by atoms with E-state index in [-0.39, 0.29) is 6.09 Å². The number of rotatable bonds is 2. The second-order valence-corrected chi connectivity index (χ2v) is 8.92. The molecule has 0 unspecified atom stereocenters. The van der Waals surface area contributed by atoms with E-state index < -0.39 is 5.60 Å². The Morgan fingerprint density at radius 1 is 1.04 bits per heavy atom.